The summed E-state index contributed by atoms with van der Waals surface area (Å²) in [6, 6.07) is 6.08. The van der Waals surface area contributed by atoms with Gasteiger partial charge in [-0.15, -0.1) is 0 Å². The van der Waals surface area contributed by atoms with Crippen LogP contribution in [0.25, 0.3) is 0 Å². The van der Waals surface area contributed by atoms with Crippen molar-refractivity contribution in [2.24, 2.45) is 0 Å². The fourth-order valence-corrected chi connectivity index (χ4v) is 1.84. The number of imidazole rings is 2. The van der Waals surface area contributed by atoms with E-state index in [0.29, 0.717) is 0 Å². The van der Waals surface area contributed by atoms with Crippen molar-refractivity contribution in [3.63, 3.8) is 0 Å². The smallest absolute Gasteiger partial charge is 0.0949 e. The number of rotatable bonds is 4. The minimum atomic E-state index is 0.748. The molecule has 5 nitrogen and oxygen atoms in total. The first-order valence-electron chi connectivity index (χ1n) is 5.76. The van der Waals surface area contributed by atoms with Crippen molar-refractivity contribution < 1.29 is 0 Å². The summed E-state index contributed by atoms with van der Waals surface area (Å²) in [6.45, 7) is 1.50. The van der Waals surface area contributed by atoms with Crippen LogP contribution in [0.1, 0.15) is 11.4 Å². The molecule has 3 heterocycles. The molecule has 0 aliphatic carbocycles. The molecule has 0 spiro atoms. The third-order valence-corrected chi connectivity index (χ3v) is 2.67. The van der Waals surface area contributed by atoms with Gasteiger partial charge in [-0.05, 0) is 12.1 Å². The molecule has 0 aliphatic rings. The van der Waals surface area contributed by atoms with Crippen LogP contribution in [0, 0.1) is 0 Å². The molecule has 0 N–H and O–H groups in total. The maximum Gasteiger partial charge on any atom is 0.0949 e. The molecule has 3 aromatic heterocycles. The van der Waals surface area contributed by atoms with Crippen LogP contribution in [0.5, 0.6) is 0 Å². The third kappa shape index (κ3) is 2.45. The zero-order valence-corrected chi connectivity index (χ0v) is 9.85. The van der Waals surface area contributed by atoms with Gasteiger partial charge in [-0.25, -0.2) is 9.97 Å². The molecule has 0 amide bonds. The highest BCUT2D eigenvalue weighted by atomic mass is 15.0. The largest absolute Gasteiger partial charge is 0.331 e. The second-order valence-corrected chi connectivity index (χ2v) is 4.09. The second-order valence-electron chi connectivity index (χ2n) is 4.09. The lowest BCUT2D eigenvalue weighted by atomic mass is 10.3. The number of hydrogen-bond donors (Lipinski definition) is 0. The van der Waals surface area contributed by atoms with E-state index in [1.165, 1.54) is 0 Å². The van der Waals surface area contributed by atoms with E-state index in [1.807, 2.05) is 39.7 Å². The Balaban J connectivity index is 1.76. The first-order chi connectivity index (χ1) is 8.90. The minimum absolute atomic E-state index is 0.748. The average molecular weight is 239 g/mol. The molecule has 0 fully saturated rings. The normalized spacial score (nSPS) is 10.7. The maximum absolute atomic E-state index is 4.63. The van der Waals surface area contributed by atoms with Gasteiger partial charge in [0.1, 0.15) is 0 Å². The van der Waals surface area contributed by atoms with Crippen LogP contribution in [-0.4, -0.2) is 24.1 Å². The Morgan fingerprint density at radius 1 is 0.833 bits per heavy atom. The van der Waals surface area contributed by atoms with E-state index < -0.39 is 0 Å². The predicted octanol–water partition coefficient (Wildman–Crippen LogP) is 1.57. The van der Waals surface area contributed by atoms with Crippen molar-refractivity contribution >= 4 is 0 Å². The summed E-state index contributed by atoms with van der Waals surface area (Å²) >= 11 is 0. The molecule has 0 radical (unpaired) electrons. The summed E-state index contributed by atoms with van der Waals surface area (Å²) in [6.07, 6.45) is 11.0. The van der Waals surface area contributed by atoms with E-state index in [2.05, 4.69) is 15.0 Å². The van der Waals surface area contributed by atoms with Gasteiger partial charge in [0.25, 0.3) is 0 Å². The van der Waals surface area contributed by atoms with E-state index in [0.717, 1.165) is 24.5 Å². The quantitative estimate of drug-likeness (QED) is 0.694. The maximum atomic E-state index is 4.63. The first-order valence-corrected chi connectivity index (χ1v) is 5.76. The Labute approximate surface area is 105 Å². The highest BCUT2D eigenvalue weighted by Crippen LogP contribution is 2.04. The highest BCUT2D eigenvalue weighted by molar-refractivity contribution is 5.12. The lowest BCUT2D eigenvalue weighted by Gasteiger charge is -2.05. The van der Waals surface area contributed by atoms with Crippen molar-refractivity contribution in [3.05, 3.63) is 67.0 Å². The Hall–Kier alpha value is -2.43. The highest BCUT2D eigenvalue weighted by Gasteiger charge is 2.00. The fraction of sp³-hybridized carbons (Fsp3) is 0.154. The Bertz CT molecular complexity index is 547. The van der Waals surface area contributed by atoms with Gasteiger partial charge in [0.05, 0.1) is 37.1 Å². The minimum Gasteiger partial charge on any atom is -0.331 e. The second kappa shape index (κ2) is 4.83. The zero-order valence-electron chi connectivity index (χ0n) is 9.85. The summed E-state index contributed by atoms with van der Waals surface area (Å²) in [4.78, 5) is 12.7. The summed E-state index contributed by atoms with van der Waals surface area (Å²) in [5.41, 5.74) is 2.07. The van der Waals surface area contributed by atoms with Crippen molar-refractivity contribution in [3.8, 4) is 0 Å². The van der Waals surface area contributed by atoms with E-state index in [4.69, 9.17) is 0 Å². The Kier molecular flexibility index (Phi) is 2.87. The lowest BCUT2D eigenvalue weighted by molar-refractivity contribution is 0.735. The molecule has 3 rings (SSSR count). The standard InChI is InChI=1S/C13H13N5/c1-2-12(8-17-6-4-14-10-17)16-13(3-1)9-18-7-5-15-11-18/h1-7,10-11H,8-9H2. The predicted molar refractivity (Wildman–Crippen MR) is 66.9 cm³/mol. The van der Waals surface area contributed by atoms with Crippen LogP contribution in [-0.2, 0) is 13.1 Å². The molecule has 0 saturated heterocycles. The zero-order chi connectivity index (χ0) is 12.2. The molecule has 0 aliphatic heterocycles. The Morgan fingerprint density at radius 3 is 1.83 bits per heavy atom. The van der Waals surface area contributed by atoms with Crippen LogP contribution < -0.4 is 0 Å². The first kappa shape index (κ1) is 10.7. The van der Waals surface area contributed by atoms with E-state index >= 15 is 0 Å². The van der Waals surface area contributed by atoms with Crippen LogP contribution in [0.4, 0.5) is 0 Å². The van der Waals surface area contributed by atoms with Crippen molar-refractivity contribution in [1.29, 1.82) is 0 Å². The van der Waals surface area contributed by atoms with Crippen LogP contribution >= 0.6 is 0 Å². The van der Waals surface area contributed by atoms with Gasteiger partial charge in [-0.1, -0.05) is 6.07 Å². The monoisotopic (exact) mass is 239 g/mol. The molecule has 18 heavy (non-hydrogen) atoms. The number of hydrogen-bond acceptors (Lipinski definition) is 3. The van der Waals surface area contributed by atoms with Gasteiger partial charge in [0, 0.05) is 24.8 Å². The van der Waals surface area contributed by atoms with Gasteiger partial charge >= 0.3 is 0 Å². The summed E-state index contributed by atoms with van der Waals surface area (Å²) < 4.78 is 4.01. The molecule has 0 unspecified atom stereocenters. The van der Waals surface area contributed by atoms with E-state index in [-0.39, 0.29) is 0 Å². The van der Waals surface area contributed by atoms with Gasteiger partial charge in [0.2, 0.25) is 0 Å². The molecular formula is C13H13N5. The van der Waals surface area contributed by atoms with Gasteiger partial charge < -0.3 is 9.13 Å². The molecule has 0 bridgehead atoms. The molecule has 0 aromatic carbocycles. The average Bonchev–Trinajstić information content (AvgIpc) is 3.03. The third-order valence-electron chi connectivity index (χ3n) is 2.67. The summed E-state index contributed by atoms with van der Waals surface area (Å²) in [5, 5.41) is 0. The fourth-order valence-electron chi connectivity index (χ4n) is 1.84. The molecule has 0 saturated carbocycles. The number of nitrogens with zero attached hydrogens (tertiary/aromatic N) is 5. The Morgan fingerprint density at radius 2 is 1.39 bits per heavy atom. The van der Waals surface area contributed by atoms with Crippen molar-refractivity contribution in [2.45, 2.75) is 13.1 Å². The summed E-state index contributed by atoms with van der Waals surface area (Å²) in [5.74, 6) is 0. The lowest BCUT2D eigenvalue weighted by Crippen LogP contribution is -2.04. The van der Waals surface area contributed by atoms with E-state index in [9.17, 15) is 0 Å². The number of pyridine rings is 1. The molecule has 0 atom stereocenters. The molecule has 90 valence electrons. The SMILES string of the molecule is c1cc(Cn2ccnc2)nc(Cn2ccnc2)c1. The van der Waals surface area contributed by atoms with Gasteiger partial charge in [0.15, 0.2) is 0 Å². The topological polar surface area (TPSA) is 48.5 Å². The van der Waals surface area contributed by atoms with E-state index in [1.54, 1.807) is 25.0 Å². The molecule has 5 heteroatoms. The van der Waals surface area contributed by atoms with Crippen molar-refractivity contribution in [1.82, 2.24) is 24.1 Å². The number of aromatic nitrogens is 5. The van der Waals surface area contributed by atoms with Crippen molar-refractivity contribution in [2.75, 3.05) is 0 Å². The van der Waals surface area contributed by atoms with Crippen LogP contribution in [0.15, 0.2) is 55.6 Å². The van der Waals surface area contributed by atoms with Crippen LogP contribution in [0.3, 0.4) is 0 Å². The van der Waals surface area contributed by atoms with Gasteiger partial charge in [-0.2, -0.15) is 0 Å². The molecule has 3 aromatic rings. The summed E-state index contributed by atoms with van der Waals surface area (Å²) in [7, 11) is 0. The van der Waals surface area contributed by atoms with Crippen LogP contribution in [0.2, 0.25) is 0 Å². The molecular weight excluding hydrogens is 226 g/mol. The van der Waals surface area contributed by atoms with Gasteiger partial charge in [-0.3, -0.25) is 4.98 Å².